The monoisotopic (exact) mass is 309 g/mol. The summed E-state index contributed by atoms with van der Waals surface area (Å²) in [6, 6.07) is 13.6. The summed E-state index contributed by atoms with van der Waals surface area (Å²) in [5.74, 6) is 0.835. The molecule has 0 aliphatic rings. The van der Waals surface area contributed by atoms with Gasteiger partial charge in [-0.3, -0.25) is 0 Å². The molecule has 4 heteroatoms. The highest BCUT2D eigenvalue weighted by molar-refractivity contribution is 6.31. The molecule has 106 valence electrons. The predicted molar refractivity (Wildman–Crippen MR) is 85.0 cm³/mol. The van der Waals surface area contributed by atoms with Gasteiger partial charge in [0, 0.05) is 16.1 Å². The smallest absolute Gasteiger partial charge is 0.122 e. The Hall–Kier alpha value is -1.22. The highest BCUT2D eigenvalue weighted by atomic mass is 35.5. The van der Waals surface area contributed by atoms with Crippen molar-refractivity contribution in [3.63, 3.8) is 0 Å². The number of methoxy groups -OCH3 is 1. The van der Waals surface area contributed by atoms with Gasteiger partial charge in [-0.1, -0.05) is 41.4 Å². The molecule has 0 amide bonds. The summed E-state index contributed by atoms with van der Waals surface area (Å²) >= 11 is 12.3. The molecule has 1 N–H and O–H groups in total. The van der Waals surface area contributed by atoms with Gasteiger partial charge in [0.1, 0.15) is 5.75 Å². The van der Waals surface area contributed by atoms with Gasteiger partial charge in [-0.15, -0.1) is 0 Å². The highest BCUT2D eigenvalue weighted by Gasteiger charge is 2.15. The van der Waals surface area contributed by atoms with E-state index in [1.807, 2.05) is 49.5 Å². The molecule has 1 atom stereocenters. The topological polar surface area (TPSA) is 21.3 Å². The van der Waals surface area contributed by atoms with Gasteiger partial charge in [-0.05, 0) is 48.9 Å². The first-order chi connectivity index (χ1) is 9.65. The highest BCUT2D eigenvalue weighted by Crippen LogP contribution is 2.30. The Morgan fingerprint density at radius 3 is 2.55 bits per heavy atom. The molecular weight excluding hydrogens is 293 g/mol. The SMILES string of the molecule is CNC(Cc1cc(Cl)ccc1OC)c1ccccc1Cl. The van der Waals surface area contributed by atoms with Crippen molar-refractivity contribution in [2.24, 2.45) is 0 Å². The van der Waals surface area contributed by atoms with E-state index in [1.54, 1.807) is 7.11 Å². The van der Waals surface area contributed by atoms with Crippen LogP contribution in [0.3, 0.4) is 0 Å². The lowest BCUT2D eigenvalue weighted by atomic mass is 9.98. The summed E-state index contributed by atoms with van der Waals surface area (Å²) in [5.41, 5.74) is 2.12. The maximum absolute atomic E-state index is 6.27. The lowest BCUT2D eigenvalue weighted by Gasteiger charge is -2.19. The van der Waals surface area contributed by atoms with Gasteiger partial charge < -0.3 is 10.1 Å². The third kappa shape index (κ3) is 3.45. The van der Waals surface area contributed by atoms with Crippen LogP contribution < -0.4 is 10.1 Å². The van der Waals surface area contributed by atoms with E-state index in [9.17, 15) is 0 Å². The fraction of sp³-hybridized carbons (Fsp3) is 0.250. The Morgan fingerprint density at radius 1 is 1.15 bits per heavy atom. The van der Waals surface area contributed by atoms with Crippen LogP contribution in [0.2, 0.25) is 10.0 Å². The number of nitrogens with one attached hydrogen (secondary N) is 1. The third-order valence-electron chi connectivity index (χ3n) is 3.30. The Labute approximate surface area is 129 Å². The minimum absolute atomic E-state index is 0.107. The van der Waals surface area contributed by atoms with Gasteiger partial charge in [0.2, 0.25) is 0 Å². The number of hydrogen-bond acceptors (Lipinski definition) is 2. The second kappa shape index (κ2) is 6.98. The van der Waals surface area contributed by atoms with E-state index in [0.29, 0.717) is 5.02 Å². The van der Waals surface area contributed by atoms with Crippen LogP contribution in [0.25, 0.3) is 0 Å². The van der Waals surface area contributed by atoms with Crippen LogP contribution in [-0.2, 0) is 6.42 Å². The summed E-state index contributed by atoms with van der Waals surface area (Å²) in [5, 5.41) is 4.76. The Bertz CT molecular complexity index is 586. The predicted octanol–water partition coefficient (Wildman–Crippen LogP) is 4.51. The van der Waals surface area contributed by atoms with Crippen molar-refractivity contribution in [3.05, 3.63) is 63.6 Å². The zero-order chi connectivity index (χ0) is 14.5. The number of rotatable bonds is 5. The molecule has 2 rings (SSSR count). The molecule has 2 aromatic carbocycles. The average Bonchev–Trinajstić information content (AvgIpc) is 2.46. The standard InChI is InChI=1S/C16H17Cl2NO/c1-19-15(13-5-3-4-6-14(13)18)10-11-9-12(17)7-8-16(11)20-2/h3-9,15,19H,10H2,1-2H3. The molecule has 0 heterocycles. The van der Waals surface area contributed by atoms with Crippen molar-refractivity contribution >= 4 is 23.2 Å². The second-order valence-electron chi connectivity index (χ2n) is 4.52. The molecule has 0 spiro atoms. The van der Waals surface area contributed by atoms with Crippen LogP contribution in [0, 0.1) is 0 Å². The van der Waals surface area contributed by atoms with Gasteiger partial charge in [0.25, 0.3) is 0 Å². The Balaban J connectivity index is 2.31. The molecule has 2 nitrogen and oxygen atoms in total. The minimum atomic E-state index is 0.107. The number of likely N-dealkylation sites (N-methyl/N-ethyl adjacent to an activating group) is 1. The average molecular weight is 310 g/mol. The van der Waals surface area contributed by atoms with Crippen molar-refractivity contribution in [1.29, 1.82) is 0 Å². The molecule has 1 unspecified atom stereocenters. The molecule has 0 aliphatic carbocycles. The van der Waals surface area contributed by atoms with Crippen LogP contribution in [0.5, 0.6) is 5.75 Å². The zero-order valence-electron chi connectivity index (χ0n) is 11.5. The first kappa shape index (κ1) is 15.2. The van der Waals surface area contributed by atoms with Crippen LogP contribution in [-0.4, -0.2) is 14.2 Å². The molecule has 0 aliphatic heterocycles. The normalized spacial score (nSPS) is 12.2. The summed E-state index contributed by atoms with van der Waals surface area (Å²) in [4.78, 5) is 0. The van der Waals surface area contributed by atoms with Crippen LogP contribution in [0.15, 0.2) is 42.5 Å². The Morgan fingerprint density at radius 2 is 1.90 bits per heavy atom. The first-order valence-corrected chi connectivity index (χ1v) is 7.15. The molecule has 2 aromatic rings. The molecule has 0 aromatic heterocycles. The van der Waals surface area contributed by atoms with Crippen molar-refractivity contribution in [2.75, 3.05) is 14.2 Å². The number of ether oxygens (including phenoxy) is 1. The van der Waals surface area contributed by atoms with E-state index < -0.39 is 0 Å². The third-order valence-corrected chi connectivity index (χ3v) is 3.87. The van der Waals surface area contributed by atoms with Crippen LogP contribution >= 0.6 is 23.2 Å². The van der Waals surface area contributed by atoms with Crippen molar-refractivity contribution in [1.82, 2.24) is 5.32 Å². The summed E-state index contributed by atoms with van der Waals surface area (Å²) < 4.78 is 5.39. The maximum atomic E-state index is 6.27. The number of hydrogen-bond donors (Lipinski definition) is 1. The molecule has 0 fully saturated rings. The van der Waals surface area contributed by atoms with Crippen LogP contribution in [0.4, 0.5) is 0 Å². The van der Waals surface area contributed by atoms with Gasteiger partial charge >= 0.3 is 0 Å². The maximum Gasteiger partial charge on any atom is 0.122 e. The van der Waals surface area contributed by atoms with E-state index in [0.717, 1.165) is 28.3 Å². The number of benzene rings is 2. The van der Waals surface area contributed by atoms with E-state index in [1.165, 1.54) is 0 Å². The van der Waals surface area contributed by atoms with Gasteiger partial charge in [-0.25, -0.2) is 0 Å². The molecular formula is C16H17Cl2NO. The van der Waals surface area contributed by atoms with Crippen LogP contribution in [0.1, 0.15) is 17.2 Å². The quantitative estimate of drug-likeness (QED) is 0.877. The molecule has 0 radical (unpaired) electrons. The minimum Gasteiger partial charge on any atom is -0.496 e. The van der Waals surface area contributed by atoms with Gasteiger partial charge in [0.05, 0.1) is 7.11 Å². The van der Waals surface area contributed by atoms with E-state index in [-0.39, 0.29) is 6.04 Å². The fourth-order valence-corrected chi connectivity index (χ4v) is 2.71. The van der Waals surface area contributed by atoms with E-state index in [4.69, 9.17) is 27.9 Å². The molecule has 0 saturated heterocycles. The lowest BCUT2D eigenvalue weighted by Crippen LogP contribution is -2.19. The molecule has 0 saturated carbocycles. The van der Waals surface area contributed by atoms with Crippen molar-refractivity contribution < 1.29 is 4.74 Å². The van der Waals surface area contributed by atoms with Gasteiger partial charge in [0.15, 0.2) is 0 Å². The largest absolute Gasteiger partial charge is 0.496 e. The lowest BCUT2D eigenvalue weighted by molar-refractivity contribution is 0.406. The van der Waals surface area contributed by atoms with Crippen molar-refractivity contribution in [2.45, 2.75) is 12.5 Å². The zero-order valence-corrected chi connectivity index (χ0v) is 13.0. The second-order valence-corrected chi connectivity index (χ2v) is 5.37. The molecule has 20 heavy (non-hydrogen) atoms. The Kier molecular flexibility index (Phi) is 5.30. The van der Waals surface area contributed by atoms with Gasteiger partial charge in [-0.2, -0.15) is 0 Å². The fourth-order valence-electron chi connectivity index (χ4n) is 2.25. The summed E-state index contributed by atoms with van der Waals surface area (Å²) in [6.07, 6.45) is 0.754. The van der Waals surface area contributed by atoms with E-state index >= 15 is 0 Å². The molecule has 0 bridgehead atoms. The summed E-state index contributed by atoms with van der Waals surface area (Å²) in [6.45, 7) is 0. The van der Waals surface area contributed by atoms with E-state index in [2.05, 4.69) is 5.32 Å². The van der Waals surface area contributed by atoms with Crippen molar-refractivity contribution in [3.8, 4) is 5.75 Å². The first-order valence-electron chi connectivity index (χ1n) is 6.39. The summed E-state index contributed by atoms with van der Waals surface area (Å²) in [7, 11) is 3.58. The number of halogens is 2.